The SMILES string of the molecule is CSc1nc(C)cc(C(=O)N2CCN(Cc3ccccc3)CC2)n1. The van der Waals surface area contributed by atoms with Crippen molar-refractivity contribution >= 4 is 17.7 Å². The molecule has 0 unspecified atom stereocenters. The summed E-state index contributed by atoms with van der Waals surface area (Å²) in [5, 5.41) is 0.654. The third kappa shape index (κ3) is 4.13. The summed E-state index contributed by atoms with van der Waals surface area (Å²) in [6.45, 7) is 6.09. The Hall–Kier alpha value is -1.92. The van der Waals surface area contributed by atoms with Crippen LogP contribution in [0.5, 0.6) is 0 Å². The number of thioether (sulfide) groups is 1. The number of piperazine rings is 1. The van der Waals surface area contributed by atoms with Crippen molar-refractivity contribution in [3.05, 3.63) is 53.3 Å². The van der Waals surface area contributed by atoms with E-state index in [4.69, 9.17) is 0 Å². The fourth-order valence-corrected chi connectivity index (χ4v) is 3.28. The molecule has 1 aromatic carbocycles. The van der Waals surface area contributed by atoms with Crippen LogP contribution in [0.3, 0.4) is 0 Å². The minimum absolute atomic E-state index is 0.00941. The lowest BCUT2D eigenvalue weighted by atomic mass is 10.2. The maximum atomic E-state index is 12.7. The second kappa shape index (κ2) is 7.77. The predicted octanol–water partition coefficient (Wildman–Crippen LogP) is 2.46. The van der Waals surface area contributed by atoms with Crippen LogP contribution in [0.25, 0.3) is 0 Å². The van der Waals surface area contributed by atoms with E-state index in [-0.39, 0.29) is 5.91 Å². The smallest absolute Gasteiger partial charge is 0.272 e. The topological polar surface area (TPSA) is 49.3 Å². The van der Waals surface area contributed by atoms with Gasteiger partial charge in [-0.25, -0.2) is 9.97 Å². The number of carbonyl (C=O) groups is 1. The average molecular weight is 342 g/mol. The number of amides is 1. The van der Waals surface area contributed by atoms with Crippen molar-refractivity contribution < 1.29 is 4.79 Å². The molecule has 0 bridgehead atoms. The number of rotatable bonds is 4. The molecule has 5 nitrogen and oxygen atoms in total. The van der Waals surface area contributed by atoms with Gasteiger partial charge in [0.2, 0.25) is 0 Å². The maximum Gasteiger partial charge on any atom is 0.272 e. The zero-order valence-corrected chi connectivity index (χ0v) is 14.9. The van der Waals surface area contributed by atoms with E-state index < -0.39 is 0 Å². The Morgan fingerprint density at radius 1 is 1.12 bits per heavy atom. The van der Waals surface area contributed by atoms with Crippen LogP contribution in [0.1, 0.15) is 21.7 Å². The number of benzene rings is 1. The van der Waals surface area contributed by atoms with E-state index in [1.54, 1.807) is 6.07 Å². The predicted molar refractivity (Wildman–Crippen MR) is 96.2 cm³/mol. The fraction of sp³-hybridized carbons (Fsp3) is 0.389. The van der Waals surface area contributed by atoms with Crippen LogP contribution in [-0.2, 0) is 6.54 Å². The number of hydrogen-bond acceptors (Lipinski definition) is 5. The van der Waals surface area contributed by atoms with Crippen LogP contribution in [0, 0.1) is 6.92 Å². The Bertz CT molecular complexity index is 699. The summed E-state index contributed by atoms with van der Waals surface area (Å²) in [7, 11) is 0. The van der Waals surface area contributed by atoms with Crippen molar-refractivity contribution in [3.63, 3.8) is 0 Å². The molecule has 2 heterocycles. The lowest BCUT2D eigenvalue weighted by molar-refractivity contribution is 0.0621. The molecular formula is C18H22N4OS. The molecule has 0 atom stereocenters. The lowest BCUT2D eigenvalue weighted by Crippen LogP contribution is -2.48. The summed E-state index contributed by atoms with van der Waals surface area (Å²) in [4.78, 5) is 25.6. The van der Waals surface area contributed by atoms with Gasteiger partial charge in [-0.2, -0.15) is 0 Å². The number of aryl methyl sites for hydroxylation is 1. The number of nitrogens with zero attached hydrogens (tertiary/aromatic N) is 4. The first-order chi connectivity index (χ1) is 11.7. The molecule has 0 N–H and O–H groups in total. The standard InChI is InChI=1S/C18H22N4OS/c1-14-12-16(20-18(19-14)24-2)17(23)22-10-8-21(9-11-22)13-15-6-4-3-5-7-15/h3-7,12H,8-11,13H2,1-2H3. The van der Waals surface area contributed by atoms with Crippen LogP contribution in [0.4, 0.5) is 0 Å². The van der Waals surface area contributed by atoms with E-state index in [9.17, 15) is 4.79 Å². The highest BCUT2D eigenvalue weighted by Crippen LogP contribution is 2.14. The normalized spacial score (nSPS) is 15.5. The van der Waals surface area contributed by atoms with Crippen LogP contribution < -0.4 is 0 Å². The van der Waals surface area contributed by atoms with Gasteiger partial charge in [-0.3, -0.25) is 9.69 Å². The Kier molecular flexibility index (Phi) is 5.48. The van der Waals surface area contributed by atoms with Gasteiger partial charge in [0.15, 0.2) is 5.16 Å². The molecule has 24 heavy (non-hydrogen) atoms. The molecule has 1 aliphatic heterocycles. The van der Waals surface area contributed by atoms with Gasteiger partial charge in [0.05, 0.1) is 0 Å². The van der Waals surface area contributed by atoms with Crippen LogP contribution in [-0.4, -0.2) is 58.1 Å². The molecule has 126 valence electrons. The highest BCUT2D eigenvalue weighted by molar-refractivity contribution is 7.98. The second-order valence-corrected chi connectivity index (χ2v) is 6.71. The van der Waals surface area contributed by atoms with Crippen molar-refractivity contribution in [2.45, 2.75) is 18.6 Å². The summed E-state index contributed by atoms with van der Waals surface area (Å²) in [6, 6.07) is 12.2. The molecule has 0 aliphatic carbocycles. The van der Waals surface area contributed by atoms with Crippen molar-refractivity contribution in [2.24, 2.45) is 0 Å². The molecule has 2 aromatic rings. The minimum atomic E-state index is 0.00941. The van der Waals surface area contributed by atoms with Gasteiger partial charge >= 0.3 is 0 Å². The summed E-state index contributed by atoms with van der Waals surface area (Å²) in [6.07, 6.45) is 1.92. The Morgan fingerprint density at radius 2 is 1.83 bits per heavy atom. The highest BCUT2D eigenvalue weighted by atomic mass is 32.2. The fourth-order valence-electron chi connectivity index (χ4n) is 2.85. The van der Waals surface area contributed by atoms with Crippen molar-refractivity contribution in [1.29, 1.82) is 0 Å². The highest BCUT2D eigenvalue weighted by Gasteiger charge is 2.23. The number of hydrogen-bond donors (Lipinski definition) is 0. The molecular weight excluding hydrogens is 320 g/mol. The first-order valence-electron chi connectivity index (χ1n) is 8.11. The third-order valence-corrected chi connectivity index (χ3v) is 4.69. The summed E-state index contributed by atoms with van der Waals surface area (Å²) < 4.78 is 0. The molecule has 3 rings (SSSR count). The average Bonchev–Trinajstić information content (AvgIpc) is 2.62. The van der Waals surface area contributed by atoms with Crippen molar-refractivity contribution in [1.82, 2.24) is 19.8 Å². The summed E-state index contributed by atoms with van der Waals surface area (Å²) in [5.41, 5.74) is 2.65. The zero-order chi connectivity index (χ0) is 16.9. The van der Waals surface area contributed by atoms with Gasteiger partial charge in [0, 0.05) is 38.4 Å². The van der Waals surface area contributed by atoms with Crippen molar-refractivity contribution in [3.8, 4) is 0 Å². The Balaban J connectivity index is 1.60. The number of carbonyl (C=O) groups excluding carboxylic acids is 1. The monoisotopic (exact) mass is 342 g/mol. The van der Waals surface area contributed by atoms with Gasteiger partial charge in [0.25, 0.3) is 5.91 Å². The minimum Gasteiger partial charge on any atom is -0.335 e. The zero-order valence-electron chi connectivity index (χ0n) is 14.1. The van der Waals surface area contributed by atoms with Gasteiger partial charge in [-0.15, -0.1) is 0 Å². The van der Waals surface area contributed by atoms with E-state index in [0.29, 0.717) is 10.9 Å². The van der Waals surface area contributed by atoms with E-state index >= 15 is 0 Å². The third-order valence-electron chi connectivity index (χ3n) is 4.14. The van der Waals surface area contributed by atoms with Crippen molar-refractivity contribution in [2.75, 3.05) is 32.4 Å². The second-order valence-electron chi connectivity index (χ2n) is 5.94. The molecule has 1 fully saturated rings. The Morgan fingerprint density at radius 3 is 2.50 bits per heavy atom. The van der Waals surface area contributed by atoms with Gasteiger partial charge in [-0.1, -0.05) is 42.1 Å². The van der Waals surface area contributed by atoms with Gasteiger partial charge in [-0.05, 0) is 24.8 Å². The molecule has 1 saturated heterocycles. The largest absolute Gasteiger partial charge is 0.335 e. The maximum absolute atomic E-state index is 12.7. The van der Waals surface area contributed by atoms with Gasteiger partial charge in [0.1, 0.15) is 5.69 Å². The van der Waals surface area contributed by atoms with Crippen LogP contribution >= 0.6 is 11.8 Å². The molecule has 1 aromatic heterocycles. The molecule has 0 saturated carbocycles. The van der Waals surface area contributed by atoms with Crippen LogP contribution in [0.15, 0.2) is 41.6 Å². The van der Waals surface area contributed by atoms with Gasteiger partial charge < -0.3 is 4.90 Å². The van der Waals surface area contributed by atoms with Crippen LogP contribution in [0.2, 0.25) is 0 Å². The molecule has 6 heteroatoms. The molecule has 0 spiro atoms. The Labute approximate surface area is 147 Å². The molecule has 0 radical (unpaired) electrons. The van der Waals surface area contributed by atoms with E-state index in [1.807, 2.05) is 24.1 Å². The first-order valence-corrected chi connectivity index (χ1v) is 9.33. The molecule has 1 aliphatic rings. The van der Waals surface area contributed by atoms with E-state index in [2.05, 4.69) is 39.1 Å². The molecule has 1 amide bonds. The summed E-state index contributed by atoms with van der Waals surface area (Å²) >= 11 is 1.46. The first kappa shape index (κ1) is 16.9. The van der Waals surface area contributed by atoms with E-state index in [1.165, 1.54) is 17.3 Å². The van der Waals surface area contributed by atoms with E-state index in [0.717, 1.165) is 38.4 Å². The quantitative estimate of drug-likeness (QED) is 0.631. The number of aromatic nitrogens is 2. The summed E-state index contributed by atoms with van der Waals surface area (Å²) in [5.74, 6) is 0.00941. The lowest BCUT2D eigenvalue weighted by Gasteiger charge is -2.34.